The van der Waals surface area contributed by atoms with E-state index in [0.29, 0.717) is 35.2 Å². The summed E-state index contributed by atoms with van der Waals surface area (Å²) in [6.07, 6.45) is 6.37. The van der Waals surface area contributed by atoms with Crippen LogP contribution >= 0.6 is 11.6 Å². The summed E-state index contributed by atoms with van der Waals surface area (Å²) in [5, 5.41) is 9.68. The minimum absolute atomic E-state index is 0.125. The number of para-hydroxylation sites is 1. The van der Waals surface area contributed by atoms with Crippen molar-refractivity contribution in [1.82, 2.24) is 14.5 Å². The van der Waals surface area contributed by atoms with E-state index in [2.05, 4.69) is 20.5 Å². The van der Waals surface area contributed by atoms with E-state index in [4.69, 9.17) is 25.8 Å². The summed E-state index contributed by atoms with van der Waals surface area (Å²) in [6, 6.07) is 10.4. The van der Waals surface area contributed by atoms with Crippen molar-refractivity contribution in [3.63, 3.8) is 0 Å². The van der Waals surface area contributed by atoms with Gasteiger partial charge in [-0.05, 0) is 75.5 Å². The van der Waals surface area contributed by atoms with Gasteiger partial charge in [-0.3, -0.25) is 4.90 Å². The Kier molecular flexibility index (Phi) is 7.52. The summed E-state index contributed by atoms with van der Waals surface area (Å²) in [4.78, 5) is 18.5. The Hall–Kier alpha value is -3.40. The second kappa shape index (κ2) is 11.1. The number of piperidine rings is 1. The topological polar surface area (TPSA) is 86.0 Å². The van der Waals surface area contributed by atoms with Gasteiger partial charge in [0, 0.05) is 29.7 Å². The van der Waals surface area contributed by atoms with Crippen molar-refractivity contribution in [2.24, 2.45) is 0 Å². The molecule has 6 rings (SSSR count). The number of hydrogen-bond donors (Lipinski definition) is 1. The first-order chi connectivity index (χ1) is 19.7. The van der Waals surface area contributed by atoms with Gasteiger partial charge in [-0.1, -0.05) is 23.7 Å². The van der Waals surface area contributed by atoms with Crippen LogP contribution in [0.5, 0.6) is 11.5 Å². The fourth-order valence-corrected chi connectivity index (χ4v) is 5.99. The molecule has 216 valence electrons. The maximum absolute atomic E-state index is 14.8. The van der Waals surface area contributed by atoms with Crippen molar-refractivity contribution in [2.75, 3.05) is 19.7 Å². The minimum atomic E-state index is -1.28. The molecule has 0 aliphatic carbocycles. The number of ether oxygens (including phenoxy) is 3. The number of fused-ring (bicyclic) bond motifs is 1. The maximum atomic E-state index is 14.8. The summed E-state index contributed by atoms with van der Waals surface area (Å²) in [7, 11) is 0. The molecule has 4 heterocycles. The van der Waals surface area contributed by atoms with Crippen LogP contribution in [0, 0.1) is 5.82 Å². The molecule has 2 atom stereocenters. The van der Waals surface area contributed by atoms with E-state index in [1.807, 2.05) is 12.1 Å². The van der Waals surface area contributed by atoms with Gasteiger partial charge in [-0.2, -0.15) is 0 Å². The van der Waals surface area contributed by atoms with E-state index in [0.717, 1.165) is 56.0 Å². The first kappa shape index (κ1) is 27.8. The standard InChI is InChI=1S/C31H33ClFN3O5/c1-19(30(37)38)14-22-16-34-28(36(22)17-23-10-13-39-23)18-35-11-8-20(9-12-35)24-4-3-5-27-29(24)41-31(2,40-27)25-7-6-21(32)15-26(25)33/h3-7,14-16,20,23H,8-13,17-18H2,1-2H3,(H,37,38)/b19-14+/t23-,31?/m0/s1. The Morgan fingerprint density at radius 3 is 2.68 bits per heavy atom. The van der Waals surface area contributed by atoms with Crippen LogP contribution in [0.3, 0.4) is 0 Å². The third kappa shape index (κ3) is 5.58. The zero-order valence-corrected chi connectivity index (χ0v) is 23.9. The molecule has 1 aromatic heterocycles. The lowest BCUT2D eigenvalue weighted by Crippen LogP contribution is -2.35. The highest BCUT2D eigenvalue weighted by Crippen LogP contribution is 2.49. The lowest BCUT2D eigenvalue weighted by Gasteiger charge is -2.33. The number of hydrogen-bond acceptors (Lipinski definition) is 6. The summed E-state index contributed by atoms with van der Waals surface area (Å²) >= 11 is 5.96. The zero-order chi connectivity index (χ0) is 28.7. The molecule has 8 nitrogen and oxygen atoms in total. The van der Waals surface area contributed by atoms with Crippen molar-refractivity contribution < 1.29 is 28.5 Å². The van der Waals surface area contributed by atoms with E-state index in [-0.39, 0.29) is 17.6 Å². The molecular formula is C31H33ClFN3O5. The summed E-state index contributed by atoms with van der Waals surface area (Å²) in [5.41, 5.74) is 2.42. The van der Waals surface area contributed by atoms with Gasteiger partial charge in [-0.25, -0.2) is 14.2 Å². The molecule has 3 aromatic rings. The van der Waals surface area contributed by atoms with Gasteiger partial charge in [0.25, 0.3) is 5.79 Å². The van der Waals surface area contributed by atoms with E-state index in [1.165, 1.54) is 6.07 Å². The fraction of sp³-hybridized carbons (Fsp3) is 0.419. The average molecular weight is 582 g/mol. The van der Waals surface area contributed by atoms with E-state index in [9.17, 15) is 14.3 Å². The van der Waals surface area contributed by atoms with Gasteiger partial charge in [0.15, 0.2) is 11.5 Å². The van der Waals surface area contributed by atoms with Crippen LogP contribution in [-0.4, -0.2) is 51.3 Å². The average Bonchev–Trinajstić information content (AvgIpc) is 3.46. The van der Waals surface area contributed by atoms with Crippen molar-refractivity contribution in [3.05, 3.63) is 81.7 Å². The quantitative estimate of drug-likeness (QED) is 0.328. The fourth-order valence-electron chi connectivity index (χ4n) is 5.84. The van der Waals surface area contributed by atoms with Crippen LogP contribution in [0.1, 0.15) is 61.7 Å². The van der Waals surface area contributed by atoms with Crippen molar-refractivity contribution >= 4 is 23.6 Å². The van der Waals surface area contributed by atoms with Crippen LogP contribution < -0.4 is 9.47 Å². The highest BCUT2D eigenvalue weighted by atomic mass is 35.5. The molecule has 3 aliphatic heterocycles. The molecule has 0 radical (unpaired) electrons. The molecule has 3 aliphatic rings. The van der Waals surface area contributed by atoms with Gasteiger partial charge < -0.3 is 23.9 Å². The highest BCUT2D eigenvalue weighted by Gasteiger charge is 2.43. The zero-order valence-electron chi connectivity index (χ0n) is 23.1. The first-order valence-corrected chi connectivity index (χ1v) is 14.3. The normalized spacial score (nSPS) is 23.0. The monoisotopic (exact) mass is 581 g/mol. The molecule has 2 fully saturated rings. The number of imidazole rings is 1. The smallest absolute Gasteiger partial charge is 0.331 e. The molecule has 10 heteroatoms. The molecule has 0 bridgehead atoms. The van der Waals surface area contributed by atoms with Crippen LogP contribution in [0.15, 0.2) is 48.2 Å². The highest BCUT2D eigenvalue weighted by molar-refractivity contribution is 6.30. The van der Waals surface area contributed by atoms with Gasteiger partial charge >= 0.3 is 5.97 Å². The Balaban J connectivity index is 1.15. The van der Waals surface area contributed by atoms with Gasteiger partial charge in [0.05, 0.1) is 36.6 Å². The van der Waals surface area contributed by atoms with Crippen molar-refractivity contribution in [3.8, 4) is 11.5 Å². The SMILES string of the molecule is C/C(=C\c1cnc(CN2CCC(c3cccc4c3OC(C)(c3ccc(Cl)cc3F)O4)CC2)n1C[C@@H]1CCO1)C(=O)O. The first-order valence-electron chi connectivity index (χ1n) is 14.0. The predicted molar refractivity (Wildman–Crippen MR) is 152 cm³/mol. The number of nitrogens with zero attached hydrogens (tertiary/aromatic N) is 3. The van der Waals surface area contributed by atoms with E-state index in [1.54, 1.807) is 38.3 Å². The molecule has 41 heavy (non-hydrogen) atoms. The number of carboxylic acid groups (broad SMARTS) is 1. The number of rotatable bonds is 8. The number of likely N-dealkylation sites (tertiary alicyclic amines) is 1. The number of aliphatic carboxylic acids is 1. The van der Waals surface area contributed by atoms with Crippen LogP contribution in [0.4, 0.5) is 4.39 Å². The number of carbonyl (C=O) groups is 1. The molecule has 1 N–H and O–H groups in total. The third-order valence-electron chi connectivity index (χ3n) is 8.27. The number of halogens is 2. The number of aromatic nitrogens is 2. The lowest BCUT2D eigenvalue weighted by molar-refractivity contribution is -0.132. The molecule has 1 unspecified atom stereocenters. The minimum Gasteiger partial charge on any atom is -0.478 e. The second-order valence-electron chi connectivity index (χ2n) is 11.1. The van der Waals surface area contributed by atoms with Gasteiger partial charge in [-0.15, -0.1) is 0 Å². The Morgan fingerprint density at radius 1 is 1.22 bits per heavy atom. The molecular weight excluding hydrogens is 549 g/mol. The summed E-state index contributed by atoms with van der Waals surface area (Å²) in [5.74, 6) is -0.240. The predicted octanol–water partition coefficient (Wildman–Crippen LogP) is 5.98. The van der Waals surface area contributed by atoms with Crippen molar-refractivity contribution in [1.29, 1.82) is 0 Å². The maximum Gasteiger partial charge on any atom is 0.331 e. The molecule has 0 saturated carbocycles. The third-order valence-corrected chi connectivity index (χ3v) is 8.51. The number of benzene rings is 2. The summed E-state index contributed by atoms with van der Waals surface area (Å²) < 4.78 is 35.0. The largest absolute Gasteiger partial charge is 0.478 e. The van der Waals surface area contributed by atoms with E-state index >= 15 is 0 Å². The van der Waals surface area contributed by atoms with Crippen LogP contribution in [0.2, 0.25) is 5.02 Å². The van der Waals surface area contributed by atoms with E-state index < -0.39 is 17.6 Å². The van der Waals surface area contributed by atoms with Crippen LogP contribution in [0.25, 0.3) is 6.08 Å². The molecule has 2 saturated heterocycles. The summed E-state index contributed by atoms with van der Waals surface area (Å²) in [6.45, 7) is 7.13. The van der Waals surface area contributed by atoms with Crippen LogP contribution in [-0.2, 0) is 28.4 Å². The number of carboxylic acids is 1. The molecule has 0 spiro atoms. The Labute approximate surface area is 243 Å². The second-order valence-corrected chi connectivity index (χ2v) is 11.6. The lowest BCUT2D eigenvalue weighted by atomic mass is 9.88. The Morgan fingerprint density at radius 2 is 2.00 bits per heavy atom. The molecule has 2 aromatic carbocycles. The Bertz CT molecular complexity index is 1490. The van der Waals surface area contributed by atoms with Gasteiger partial charge in [0.2, 0.25) is 0 Å². The molecule has 0 amide bonds. The van der Waals surface area contributed by atoms with Crippen molar-refractivity contribution in [2.45, 2.75) is 64.0 Å². The van der Waals surface area contributed by atoms with Gasteiger partial charge in [0.1, 0.15) is 11.6 Å².